The average Bonchev–Trinajstić information content (AvgIpc) is 3.23. The molecule has 2 rings (SSSR count). The Morgan fingerprint density at radius 3 is 1.87 bits per heavy atom. The van der Waals surface area contributed by atoms with Crippen molar-refractivity contribution < 1.29 is 26.5 Å². The molecule has 0 fully saturated rings. The standard InChI is InChI=1S/2C10H13O.Fe/c2*1-3-6-10(11-2)9-7-4-5-8-9;/h2*3-5,7-8,10H,1,6H2,2H3;/q-5;-1;. The quantitative estimate of drug-likeness (QED) is 0.362. The van der Waals surface area contributed by atoms with Gasteiger partial charge in [0.2, 0.25) is 0 Å². The summed E-state index contributed by atoms with van der Waals surface area (Å²) in [7, 11) is 3.45. The molecule has 0 spiro atoms. The van der Waals surface area contributed by atoms with Crippen molar-refractivity contribution in [2.24, 2.45) is 0 Å². The summed E-state index contributed by atoms with van der Waals surface area (Å²) in [6, 6.07) is 16.3. The normalized spacial score (nSPS) is 12.3. The molecule has 0 aliphatic heterocycles. The second kappa shape index (κ2) is 13.1. The fraction of sp³-hybridized carbons (Fsp3) is 0.300. The molecule has 0 saturated carbocycles. The van der Waals surface area contributed by atoms with Gasteiger partial charge in [-0.15, -0.1) is 18.7 Å². The van der Waals surface area contributed by atoms with Gasteiger partial charge in [0.15, 0.2) is 0 Å². The van der Waals surface area contributed by atoms with E-state index >= 15 is 0 Å². The topological polar surface area (TPSA) is 18.5 Å². The van der Waals surface area contributed by atoms with Gasteiger partial charge in [-0.25, -0.2) is 12.1 Å². The Morgan fingerprint density at radius 2 is 1.43 bits per heavy atom. The predicted molar refractivity (Wildman–Crippen MR) is 93.2 cm³/mol. The van der Waals surface area contributed by atoms with Crippen LogP contribution < -0.4 is 0 Å². The van der Waals surface area contributed by atoms with E-state index < -0.39 is 0 Å². The van der Waals surface area contributed by atoms with Crippen molar-refractivity contribution in [1.29, 1.82) is 0 Å². The van der Waals surface area contributed by atoms with Crippen molar-refractivity contribution in [1.82, 2.24) is 0 Å². The van der Waals surface area contributed by atoms with Crippen LogP contribution in [0.1, 0.15) is 36.2 Å². The maximum absolute atomic E-state index is 5.26. The summed E-state index contributed by atoms with van der Waals surface area (Å²) in [5.41, 5.74) is 2.46. The smallest absolute Gasteiger partial charge is 0.0416 e. The summed E-state index contributed by atoms with van der Waals surface area (Å²) in [5.74, 6) is 0. The van der Waals surface area contributed by atoms with Crippen molar-refractivity contribution in [3.63, 3.8) is 0 Å². The van der Waals surface area contributed by atoms with Crippen LogP contribution in [0.3, 0.4) is 0 Å². The first kappa shape index (κ1) is 21.6. The predicted octanol–water partition coefficient (Wildman–Crippen LogP) is 5.34. The third-order valence-electron chi connectivity index (χ3n) is 3.45. The van der Waals surface area contributed by atoms with Crippen LogP contribution in [0.15, 0.2) is 73.8 Å². The molecule has 2 aromatic rings. The van der Waals surface area contributed by atoms with Crippen LogP contribution in [-0.2, 0) is 26.5 Å². The molecule has 0 heterocycles. The first-order valence-corrected chi connectivity index (χ1v) is 7.47. The maximum atomic E-state index is 5.26. The molecule has 3 heteroatoms. The van der Waals surface area contributed by atoms with E-state index in [0.717, 1.165) is 12.8 Å². The number of methoxy groups -OCH3 is 2. The second-order valence-electron chi connectivity index (χ2n) is 4.93. The molecular formula is C20H26FeO2-6. The molecule has 132 valence electrons. The number of hydrogen-bond donors (Lipinski definition) is 0. The fourth-order valence-electron chi connectivity index (χ4n) is 2.25. The zero-order chi connectivity index (χ0) is 16.2. The molecule has 0 radical (unpaired) electrons. The molecule has 2 unspecified atom stereocenters. The second-order valence-corrected chi connectivity index (χ2v) is 4.93. The average molecular weight is 354 g/mol. The largest absolute Gasteiger partial charge is 0.747 e. The Morgan fingerprint density at radius 1 is 0.957 bits per heavy atom. The van der Waals surface area contributed by atoms with Crippen LogP contribution in [0.2, 0.25) is 0 Å². The summed E-state index contributed by atoms with van der Waals surface area (Å²) in [5, 5.41) is 0. The minimum Gasteiger partial charge on any atom is -0.747 e. The summed E-state index contributed by atoms with van der Waals surface area (Å²) in [6.45, 7) is 7.36. The zero-order valence-corrected chi connectivity index (χ0v) is 15.0. The van der Waals surface area contributed by atoms with Gasteiger partial charge in [0, 0.05) is 37.4 Å². The Labute approximate surface area is 151 Å². The molecule has 23 heavy (non-hydrogen) atoms. The van der Waals surface area contributed by atoms with Crippen molar-refractivity contribution in [3.05, 3.63) is 85.0 Å². The molecule has 0 bridgehead atoms. The Kier molecular flexibility index (Phi) is 12.3. The summed E-state index contributed by atoms with van der Waals surface area (Å²) >= 11 is 0. The van der Waals surface area contributed by atoms with E-state index in [2.05, 4.69) is 37.4 Å². The molecular weight excluding hydrogens is 328 g/mol. The van der Waals surface area contributed by atoms with Gasteiger partial charge in [-0.05, 0) is 12.8 Å². The van der Waals surface area contributed by atoms with Crippen molar-refractivity contribution in [3.8, 4) is 0 Å². The molecule has 0 saturated heterocycles. The van der Waals surface area contributed by atoms with Gasteiger partial charge in [-0.3, -0.25) is 0 Å². The molecule has 2 nitrogen and oxygen atoms in total. The summed E-state index contributed by atoms with van der Waals surface area (Å²) in [6.07, 6.45) is 5.87. The van der Waals surface area contributed by atoms with E-state index in [1.165, 1.54) is 11.1 Å². The van der Waals surface area contributed by atoms with E-state index in [-0.39, 0.29) is 29.3 Å². The third kappa shape index (κ3) is 7.62. The van der Waals surface area contributed by atoms with Crippen LogP contribution in [0.5, 0.6) is 0 Å². The van der Waals surface area contributed by atoms with Crippen molar-refractivity contribution in [2.75, 3.05) is 14.2 Å². The van der Waals surface area contributed by atoms with Gasteiger partial charge in [0.25, 0.3) is 0 Å². The third-order valence-corrected chi connectivity index (χ3v) is 3.45. The van der Waals surface area contributed by atoms with Crippen molar-refractivity contribution in [2.45, 2.75) is 25.0 Å². The van der Waals surface area contributed by atoms with Gasteiger partial charge < -0.3 is 39.3 Å². The number of ether oxygens (including phenoxy) is 2. The van der Waals surface area contributed by atoms with E-state index in [9.17, 15) is 0 Å². The zero-order valence-electron chi connectivity index (χ0n) is 13.9. The van der Waals surface area contributed by atoms with E-state index in [0.29, 0.717) is 0 Å². The van der Waals surface area contributed by atoms with Gasteiger partial charge in [0.05, 0.1) is 0 Å². The van der Waals surface area contributed by atoms with E-state index in [4.69, 9.17) is 9.47 Å². The van der Waals surface area contributed by atoms with E-state index in [1.807, 2.05) is 36.4 Å². The monoisotopic (exact) mass is 354 g/mol. The first-order valence-electron chi connectivity index (χ1n) is 7.47. The summed E-state index contributed by atoms with van der Waals surface area (Å²) in [4.78, 5) is 0. The molecule has 0 amide bonds. The molecule has 0 N–H and O–H groups in total. The van der Waals surface area contributed by atoms with Crippen LogP contribution in [0.4, 0.5) is 0 Å². The van der Waals surface area contributed by atoms with Crippen LogP contribution in [0.25, 0.3) is 0 Å². The van der Waals surface area contributed by atoms with Gasteiger partial charge in [-0.1, -0.05) is 18.3 Å². The molecule has 2 atom stereocenters. The van der Waals surface area contributed by atoms with Crippen LogP contribution in [-0.4, -0.2) is 14.2 Å². The Bertz CT molecular complexity index is 451. The number of rotatable bonds is 8. The molecule has 2 aromatic carbocycles. The maximum Gasteiger partial charge on any atom is 0.0416 e. The van der Waals surface area contributed by atoms with Gasteiger partial charge in [0.1, 0.15) is 0 Å². The SMILES string of the molecule is C=CCC(OC)[c-]1[cH-][cH-][cH-][cH-]1.C=CCC(OC)[c-]1cccc1.[Fe]. The first-order chi connectivity index (χ1) is 10.8. The van der Waals surface area contributed by atoms with Crippen LogP contribution in [0, 0.1) is 0 Å². The molecule has 0 aliphatic rings. The Hall–Kier alpha value is -1.38. The van der Waals surface area contributed by atoms with E-state index in [1.54, 1.807) is 14.2 Å². The number of hydrogen-bond acceptors (Lipinski definition) is 2. The van der Waals surface area contributed by atoms with Crippen molar-refractivity contribution >= 4 is 0 Å². The fourth-order valence-corrected chi connectivity index (χ4v) is 2.25. The van der Waals surface area contributed by atoms with Crippen LogP contribution >= 0.6 is 0 Å². The molecule has 0 aliphatic carbocycles. The minimum atomic E-state index is 0. The molecule has 0 aromatic heterocycles. The van der Waals surface area contributed by atoms with Gasteiger partial charge in [-0.2, -0.15) is 12.1 Å². The minimum absolute atomic E-state index is 0. The van der Waals surface area contributed by atoms with Gasteiger partial charge >= 0.3 is 0 Å². The summed E-state index contributed by atoms with van der Waals surface area (Å²) < 4.78 is 10.5. The Balaban J connectivity index is 0.000000403.